The number of nitrogens with zero attached hydrogens (tertiary/aromatic N) is 4. The summed E-state index contributed by atoms with van der Waals surface area (Å²) in [5.41, 5.74) is 0.945. The monoisotopic (exact) mass is 424 g/mol. The highest BCUT2D eigenvalue weighted by Gasteiger charge is 2.17. The number of rotatable bonds is 5. The van der Waals surface area contributed by atoms with E-state index in [0.717, 1.165) is 0 Å². The van der Waals surface area contributed by atoms with Crippen molar-refractivity contribution in [1.82, 2.24) is 9.78 Å². The number of benzene rings is 1. The van der Waals surface area contributed by atoms with Crippen molar-refractivity contribution < 1.29 is 14.4 Å². The fourth-order valence-electron chi connectivity index (χ4n) is 2.60. The number of carbonyl (C=O) groups excluding carboxylic acids is 1. The molecule has 0 bridgehead atoms. The average molecular weight is 425 g/mol. The molecule has 1 fully saturated rings. The molecule has 10 heteroatoms. The fourth-order valence-corrected chi connectivity index (χ4v) is 2.99. The molecule has 1 aliphatic rings. The van der Waals surface area contributed by atoms with Crippen LogP contribution >= 0.6 is 23.2 Å². The Balaban J connectivity index is 1.67. The molecule has 3 rings (SSSR count). The first kappa shape index (κ1) is 20.3. The minimum atomic E-state index is -0.628. The maximum absolute atomic E-state index is 12.4. The highest BCUT2D eigenvalue weighted by atomic mass is 35.5. The average Bonchev–Trinajstić information content (AvgIpc) is 2.70. The summed E-state index contributed by atoms with van der Waals surface area (Å²) in [6.07, 6.45) is 0. The van der Waals surface area contributed by atoms with E-state index >= 15 is 0 Å². The molecule has 0 atom stereocenters. The third-order valence-electron chi connectivity index (χ3n) is 4.03. The molecule has 1 saturated heterocycles. The Kier molecular flexibility index (Phi) is 6.66. The van der Waals surface area contributed by atoms with Gasteiger partial charge in [0.1, 0.15) is 0 Å². The van der Waals surface area contributed by atoms with E-state index in [1.54, 1.807) is 19.1 Å². The van der Waals surface area contributed by atoms with Gasteiger partial charge in [-0.25, -0.2) is 9.48 Å². The summed E-state index contributed by atoms with van der Waals surface area (Å²) >= 11 is 12.0. The second-order valence-corrected chi connectivity index (χ2v) is 6.92. The molecule has 0 saturated carbocycles. The van der Waals surface area contributed by atoms with Crippen molar-refractivity contribution in [3.8, 4) is 0 Å². The highest BCUT2D eigenvalue weighted by molar-refractivity contribution is 6.32. The number of hydrogen-bond donors (Lipinski definition) is 0. The van der Waals surface area contributed by atoms with Crippen molar-refractivity contribution in [2.45, 2.75) is 13.5 Å². The quantitative estimate of drug-likeness (QED) is 0.416. The van der Waals surface area contributed by atoms with Crippen LogP contribution in [0.5, 0.6) is 0 Å². The summed E-state index contributed by atoms with van der Waals surface area (Å²) in [6, 6.07) is 7.66. The highest BCUT2D eigenvalue weighted by Crippen LogP contribution is 2.22. The number of hydrogen-bond acceptors (Lipinski definition) is 7. The first-order valence-corrected chi connectivity index (χ1v) is 9.30. The van der Waals surface area contributed by atoms with Gasteiger partial charge in [0.05, 0.1) is 36.7 Å². The molecule has 2 heterocycles. The standard InChI is InChI=1S/C18H18Cl2N4O4/c1-12(22-28-18(26)13-2-4-14(19)5-3-13)11-24-16(25)10-15(17(20)21-24)23-6-8-27-9-7-23/h2-5,10H,6-9,11H2,1H3. The van der Waals surface area contributed by atoms with Gasteiger partial charge in [-0.2, -0.15) is 5.10 Å². The number of carbonyl (C=O) groups is 1. The van der Waals surface area contributed by atoms with Gasteiger partial charge in [-0.1, -0.05) is 28.4 Å². The van der Waals surface area contributed by atoms with E-state index in [1.807, 2.05) is 4.90 Å². The van der Waals surface area contributed by atoms with Gasteiger partial charge in [0, 0.05) is 24.2 Å². The van der Waals surface area contributed by atoms with Gasteiger partial charge in [0.15, 0.2) is 5.15 Å². The topological polar surface area (TPSA) is 86.0 Å². The van der Waals surface area contributed by atoms with Crippen molar-refractivity contribution in [3.63, 3.8) is 0 Å². The van der Waals surface area contributed by atoms with E-state index in [0.29, 0.717) is 48.3 Å². The van der Waals surface area contributed by atoms with Crippen LogP contribution in [0.2, 0.25) is 10.2 Å². The van der Waals surface area contributed by atoms with Gasteiger partial charge in [0.2, 0.25) is 0 Å². The lowest BCUT2D eigenvalue weighted by molar-refractivity contribution is 0.0514. The first-order chi connectivity index (χ1) is 13.4. The molecule has 0 aliphatic carbocycles. The predicted octanol–water partition coefficient (Wildman–Crippen LogP) is 2.62. The Morgan fingerprint density at radius 1 is 1.25 bits per heavy atom. The molecule has 0 radical (unpaired) electrons. The van der Waals surface area contributed by atoms with E-state index in [4.69, 9.17) is 32.8 Å². The van der Waals surface area contributed by atoms with Gasteiger partial charge in [-0.3, -0.25) is 4.79 Å². The molecule has 8 nitrogen and oxygen atoms in total. The van der Waals surface area contributed by atoms with E-state index in [1.165, 1.54) is 22.9 Å². The van der Waals surface area contributed by atoms with Crippen molar-refractivity contribution in [2.75, 3.05) is 31.2 Å². The smallest absolute Gasteiger partial charge is 0.365 e. The lowest BCUT2D eigenvalue weighted by Gasteiger charge is -2.29. The normalized spacial score (nSPS) is 14.8. The molecule has 1 aromatic heterocycles. The summed E-state index contributed by atoms with van der Waals surface area (Å²) in [6.45, 7) is 4.09. The SMILES string of the molecule is CC(Cn1nc(Cl)c(N2CCOCC2)cc1=O)=NOC(=O)c1ccc(Cl)cc1. The molecule has 1 aliphatic heterocycles. The van der Waals surface area contributed by atoms with Crippen LogP contribution in [-0.4, -0.2) is 47.8 Å². The molecule has 2 aromatic rings. The Bertz CT molecular complexity index is 938. The van der Waals surface area contributed by atoms with E-state index in [9.17, 15) is 9.59 Å². The molecule has 0 N–H and O–H groups in total. The van der Waals surface area contributed by atoms with Gasteiger partial charge in [-0.05, 0) is 31.2 Å². The lowest BCUT2D eigenvalue weighted by Crippen LogP contribution is -2.38. The zero-order chi connectivity index (χ0) is 20.1. The van der Waals surface area contributed by atoms with Crippen molar-refractivity contribution in [2.24, 2.45) is 5.16 Å². The molecular formula is C18H18Cl2N4O4. The third-order valence-corrected chi connectivity index (χ3v) is 4.55. The maximum Gasteiger partial charge on any atom is 0.365 e. The second-order valence-electron chi connectivity index (χ2n) is 6.13. The summed E-state index contributed by atoms with van der Waals surface area (Å²) in [7, 11) is 0. The van der Waals surface area contributed by atoms with E-state index in [-0.39, 0.29) is 17.3 Å². The van der Waals surface area contributed by atoms with Gasteiger partial charge >= 0.3 is 5.97 Å². The van der Waals surface area contributed by atoms with Crippen molar-refractivity contribution in [3.05, 3.63) is 56.4 Å². The van der Waals surface area contributed by atoms with E-state index in [2.05, 4.69) is 10.3 Å². The minimum Gasteiger partial charge on any atom is -0.378 e. The summed E-state index contributed by atoms with van der Waals surface area (Å²) < 4.78 is 6.47. The second kappa shape index (κ2) is 9.18. The fraction of sp³-hybridized carbons (Fsp3) is 0.333. The number of ether oxygens (including phenoxy) is 1. The number of oxime groups is 1. The summed E-state index contributed by atoms with van der Waals surface area (Å²) in [5.74, 6) is -0.628. The summed E-state index contributed by atoms with van der Waals surface area (Å²) in [5, 5.41) is 8.63. The lowest BCUT2D eigenvalue weighted by atomic mass is 10.2. The Morgan fingerprint density at radius 3 is 2.61 bits per heavy atom. The molecule has 148 valence electrons. The Morgan fingerprint density at radius 2 is 1.93 bits per heavy atom. The van der Waals surface area contributed by atoms with Gasteiger partial charge < -0.3 is 14.5 Å². The number of halogens is 2. The van der Waals surface area contributed by atoms with Crippen molar-refractivity contribution in [1.29, 1.82) is 0 Å². The molecule has 1 aromatic carbocycles. The van der Waals surface area contributed by atoms with Gasteiger partial charge in [-0.15, -0.1) is 0 Å². The number of morpholine rings is 1. The number of anilines is 1. The summed E-state index contributed by atoms with van der Waals surface area (Å²) in [4.78, 5) is 31.2. The molecule has 28 heavy (non-hydrogen) atoms. The Labute approximate surface area is 171 Å². The van der Waals surface area contributed by atoms with Crippen LogP contribution < -0.4 is 10.5 Å². The predicted molar refractivity (Wildman–Crippen MR) is 107 cm³/mol. The van der Waals surface area contributed by atoms with Crippen LogP contribution in [0.4, 0.5) is 5.69 Å². The van der Waals surface area contributed by atoms with Crippen LogP contribution in [0.1, 0.15) is 17.3 Å². The first-order valence-electron chi connectivity index (χ1n) is 8.55. The van der Waals surface area contributed by atoms with Crippen LogP contribution in [0.25, 0.3) is 0 Å². The van der Waals surface area contributed by atoms with Crippen LogP contribution in [0, 0.1) is 0 Å². The zero-order valence-corrected chi connectivity index (χ0v) is 16.6. The van der Waals surface area contributed by atoms with E-state index < -0.39 is 5.97 Å². The molecule has 0 amide bonds. The number of aromatic nitrogens is 2. The molecule has 0 unspecified atom stereocenters. The minimum absolute atomic E-state index is 0.0375. The van der Waals surface area contributed by atoms with Crippen LogP contribution in [0.15, 0.2) is 40.3 Å². The van der Waals surface area contributed by atoms with Crippen molar-refractivity contribution >= 4 is 40.6 Å². The molecular weight excluding hydrogens is 407 g/mol. The van der Waals surface area contributed by atoms with Crippen LogP contribution in [-0.2, 0) is 16.1 Å². The van der Waals surface area contributed by atoms with Gasteiger partial charge in [0.25, 0.3) is 5.56 Å². The zero-order valence-electron chi connectivity index (χ0n) is 15.1. The largest absolute Gasteiger partial charge is 0.378 e. The maximum atomic E-state index is 12.4. The van der Waals surface area contributed by atoms with Crippen LogP contribution in [0.3, 0.4) is 0 Å². The third kappa shape index (κ3) is 5.09. The Hall–Kier alpha value is -2.42. The molecule has 0 spiro atoms.